The molecule has 1 saturated heterocycles. The van der Waals surface area contributed by atoms with Gasteiger partial charge in [0.15, 0.2) is 0 Å². The van der Waals surface area contributed by atoms with E-state index in [0.29, 0.717) is 6.04 Å². The van der Waals surface area contributed by atoms with E-state index in [-0.39, 0.29) is 12.1 Å². The fraction of sp³-hybridized carbons (Fsp3) is 0.389. The molecule has 0 saturated carbocycles. The van der Waals surface area contributed by atoms with Crippen LogP contribution in [-0.4, -0.2) is 58.0 Å². The van der Waals surface area contributed by atoms with Crippen molar-refractivity contribution in [3.8, 4) is 0 Å². The number of carbonyl (C=O) groups excluding carboxylic acids is 1. The highest BCUT2D eigenvalue weighted by Crippen LogP contribution is 2.24. The van der Waals surface area contributed by atoms with Gasteiger partial charge in [0.2, 0.25) is 0 Å². The zero-order valence-corrected chi connectivity index (χ0v) is 14.1. The third-order valence-electron chi connectivity index (χ3n) is 4.93. The zero-order chi connectivity index (χ0) is 17.2. The molecule has 4 rings (SSSR count). The van der Waals surface area contributed by atoms with Crippen LogP contribution in [0.1, 0.15) is 18.5 Å². The van der Waals surface area contributed by atoms with Crippen LogP contribution in [0.25, 0.3) is 11.0 Å². The van der Waals surface area contributed by atoms with Gasteiger partial charge in [0.05, 0.1) is 11.0 Å². The Hall–Kier alpha value is -2.51. The highest BCUT2D eigenvalue weighted by molar-refractivity contribution is 5.88. The van der Waals surface area contributed by atoms with Crippen molar-refractivity contribution < 1.29 is 4.79 Å². The van der Waals surface area contributed by atoms with Crippen LogP contribution in [0.2, 0.25) is 0 Å². The lowest BCUT2D eigenvalue weighted by Gasteiger charge is -2.39. The Kier molecular flexibility index (Phi) is 4.33. The number of benzene rings is 1. The minimum Gasteiger partial charge on any atom is -0.294 e. The van der Waals surface area contributed by atoms with E-state index >= 15 is 0 Å². The highest BCUT2D eigenvalue weighted by Gasteiger charge is 2.26. The molecule has 3 heterocycles. The van der Waals surface area contributed by atoms with Gasteiger partial charge in [-0.25, -0.2) is 0 Å². The maximum Gasteiger partial charge on any atom is 0.287 e. The molecule has 25 heavy (non-hydrogen) atoms. The summed E-state index contributed by atoms with van der Waals surface area (Å²) in [6.45, 7) is 5.94. The number of piperazine rings is 1. The van der Waals surface area contributed by atoms with Crippen molar-refractivity contribution in [3.63, 3.8) is 0 Å². The molecular formula is C18H20N6O. The largest absolute Gasteiger partial charge is 0.294 e. The first-order valence-electron chi connectivity index (χ1n) is 8.52. The monoisotopic (exact) mass is 336 g/mol. The minimum absolute atomic E-state index is 0.105. The molecule has 7 heteroatoms. The molecule has 0 N–H and O–H groups in total. The summed E-state index contributed by atoms with van der Waals surface area (Å²) in [6, 6.07) is 6.62. The van der Waals surface area contributed by atoms with Crippen LogP contribution in [0.3, 0.4) is 0 Å². The van der Waals surface area contributed by atoms with Gasteiger partial charge < -0.3 is 0 Å². The van der Waals surface area contributed by atoms with Crippen LogP contribution in [0.5, 0.6) is 0 Å². The number of amides is 1. The summed E-state index contributed by atoms with van der Waals surface area (Å²) in [5.41, 5.74) is 3.11. The highest BCUT2D eigenvalue weighted by atomic mass is 16.1. The van der Waals surface area contributed by atoms with Crippen LogP contribution >= 0.6 is 0 Å². The smallest absolute Gasteiger partial charge is 0.287 e. The van der Waals surface area contributed by atoms with Crippen molar-refractivity contribution in [2.45, 2.75) is 19.1 Å². The van der Waals surface area contributed by atoms with Gasteiger partial charge in [0.1, 0.15) is 6.17 Å². The van der Waals surface area contributed by atoms with Crippen LogP contribution in [0.15, 0.2) is 53.0 Å². The van der Waals surface area contributed by atoms with E-state index < -0.39 is 0 Å². The van der Waals surface area contributed by atoms with E-state index in [1.54, 1.807) is 12.4 Å². The third-order valence-corrected chi connectivity index (χ3v) is 4.93. The fourth-order valence-electron chi connectivity index (χ4n) is 3.39. The summed E-state index contributed by atoms with van der Waals surface area (Å²) < 4.78 is 0. The molecule has 1 amide bonds. The molecule has 0 spiro atoms. The molecule has 128 valence electrons. The first kappa shape index (κ1) is 16.0. The molecule has 2 aromatic rings. The Bertz CT molecular complexity index is 824. The molecule has 1 aromatic heterocycles. The van der Waals surface area contributed by atoms with Gasteiger partial charge in [-0.2, -0.15) is 5.11 Å². The van der Waals surface area contributed by atoms with Crippen LogP contribution in [0, 0.1) is 0 Å². The lowest BCUT2D eigenvalue weighted by molar-refractivity contribution is -0.114. The Balaban J connectivity index is 1.42. The van der Waals surface area contributed by atoms with Crippen molar-refractivity contribution in [1.29, 1.82) is 0 Å². The third kappa shape index (κ3) is 3.33. The topological polar surface area (TPSA) is 74.1 Å². The molecule has 2 aliphatic rings. The van der Waals surface area contributed by atoms with Gasteiger partial charge in [-0.15, -0.1) is 5.11 Å². The molecule has 1 unspecified atom stereocenters. The van der Waals surface area contributed by atoms with Gasteiger partial charge in [-0.1, -0.05) is 6.07 Å². The molecule has 0 radical (unpaired) electrons. The van der Waals surface area contributed by atoms with Gasteiger partial charge in [-0.3, -0.25) is 24.6 Å². The SMILES string of the molecule is C[C@@H](c1ccc2nccnc2c1)N1CCN(C2C=CC(=O)N=N2)CC1. The number of nitrogens with zero attached hydrogens (tertiary/aromatic N) is 6. The Morgan fingerprint density at radius 2 is 1.84 bits per heavy atom. The number of aromatic nitrogens is 2. The van der Waals surface area contributed by atoms with Crippen LogP contribution < -0.4 is 0 Å². The summed E-state index contributed by atoms with van der Waals surface area (Å²) in [6.07, 6.45) is 6.67. The lowest BCUT2D eigenvalue weighted by atomic mass is 10.0. The maximum atomic E-state index is 11.1. The predicted octanol–water partition coefficient (Wildman–Crippen LogP) is 2.18. The first-order valence-corrected chi connectivity index (χ1v) is 8.52. The number of fused-ring (bicyclic) bond motifs is 1. The number of azo groups is 1. The van der Waals surface area contributed by atoms with E-state index in [4.69, 9.17) is 0 Å². The standard InChI is InChI=1S/C18H20N6O/c1-13(14-2-3-15-16(12-14)20-7-6-19-15)23-8-10-24(11-9-23)17-4-5-18(25)22-21-17/h2-7,12-13,17H,8-11H2,1H3/t13-,17?/m0/s1. The summed E-state index contributed by atoms with van der Waals surface area (Å²) in [7, 11) is 0. The quantitative estimate of drug-likeness (QED) is 0.859. The van der Waals surface area contributed by atoms with Crippen LogP contribution in [0.4, 0.5) is 0 Å². The van der Waals surface area contributed by atoms with Crippen molar-refractivity contribution in [3.05, 3.63) is 48.3 Å². The first-order chi connectivity index (χ1) is 12.2. The van der Waals surface area contributed by atoms with Crippen molar-refractivity contribution in [1.82, 2.24) is 19.8 Å². The van der Waals surface area contributed by atoms with Gasteiger partial charge in [0, 0.05) is 50.7 Å². The van der Waals surface area contributed by atoms with Gasteiger partial charge in [-0.05, 0) is 30.7 Å². The van der Waals surface area contributed by atoms with E-state index in [1.807, 2.05) is 12.1 Å². The number of hydrogen-bond donors (Lipinski definition) is 0. The second-order valence-electron chi connectivity index (χ2n) is 6.38. The van der Waals surface area contributed by atoms with Gasteiger partial charge in [0.25, 0.3) is 5.91 Å². The van der Waals surface area contributed by atoms with Gasteiger partial charge >= 0.3 is 0 Å². The predicted molar refractivity (Wildman–Crippen MR) is 93.9 cm³/mol. The number of carbonyl (C=O) groups is 1. The summed E-state index contributed by atoms with van der Waals surface area (Å²) >= 11 is 0. The molecule has 2 aliphatic heterocycles. The molecule has 2 atom stereocenters. The molecule has 1 aromatic carbocycles. The second-order valence-corrected chi connectivity index (χ2v) is 6.38. The van der Waals surface area contributed by atoms with E-state index in [2.05, 4.69) is 49.1 Å². The van der Waals surface area contributed by atoms with E-state index in [0.717, 1.165) is 37.2 Å². The van der Waals surface area contributed by atoms with Crippen molar-refractivity contribution in [2.75, 3.05) is 26.2 Å². The Labute approximate surface area is 146 Å². The number of rotatable bonds is 3. The molecular weight excluding hydrogens is 316 g/mol. The second kappa shape index (κ2) is 6.78. The lowest BCUT2D eigenvalue weighted by Crippen LogP contribution is -2.50. The maximum absolute atomic E-state index is 11.1. The molecule has 0 bridgehead atoms. The number of hydrogen-bond acceptors (Lipinski definition) is 6. The Morgan fingerprint density at radius 1 is 1.08 bits per heavy atom. The van der Waals surface area contributed by atoms with Crippen molar-refractivity contribution >= 4 is 16.9 Å². The summed E-state index contributed by atoms with van der Waals surface area (Å²) in [5, 5.41) is 7.73. The summed E-state index contributed by atoms with van der Waals surface area (Å²) in [5.74, 6) is -0.275. The van der Waals surface area contributed by atoms with Crippen LogP contribution in [-0.2, 0) is 4.79 Å². The molecule has 0 aliphatic carbocycles. The summed E-state index contributed by atoms with van der Waals surface area (Å²) in [4.78, 5) is 24.5. The van der Waals surface area contributed by atoms with E-state index in [1.165, 1.54) is 11.6 Å². The average Bonchev–Trinajstić information content (AvgIpc) is 2.68. The average molecular weight is 336 g/mol. The molecule has 7 nitrogen and oxygen atoms in total. The fourth-order valence-corrected chi connectivity index (χ4v) is 3.39. The normalized spacial score (nSPS) is 23.2. The zero-order valence-electron chi connectivity index (χ0n) is 14.1. The molecule has 1 fully saturated rings. The Morgan fingerprint density at radius 3 is 2.56 bits per heavy atom. The minimum atomic E-state index is -0.275. The van der Waals surface area contributed by atoms with Crippen molar-refractivity contribution in [2.24, 2.45) is 10.2 Å². The van der Waals surface area contributed by atoms with E-state index in [9.17, 15) is 4.79 Å².